The summed E-state index contributed by atoms with van der Waals surface area (Å²) < 4.78 is 5.80. The number of nitrogens with one attached hydrogen (secondary N) is 2. The minimum absolute atomic E-state index is 0.227. The lowest BCUT2D eigenvalue weighted by Gasteiger charge is -2.11. The lowest BCUT2D eigenvalue weighted by Crippen LogP contribution is -2.22. The van der Waals surface area contributed by atoms with Crippen molar-refractivity contribution in [2.45, 2.75) is 13.5 Å². The van der Waals surface area contributed by atoms with Crippen molar-refractivity contribution in [2.24, 2.45) is 0 Å². The summed E-state index contributed by atoms with van der Waals surface area (Å²) in [5.74, 6) is 0.980. The first-order valence-electron chi connectivity index (χ1n) is 9.59. The Balaban J connectivity index is 1.58. The van der Waals surface area contributed by atoms with Crippen molar-refractivity contribution in [1.82, 2.24) is 15.3 Å². The molecule has 1 heterocycles. The number of ether oxygens (including phenoxy) is 1. The van der Waals surface area contributed by atoms with Gasteiger partial charge in [-0.1, -0.05) is 40.9 Å². The second-order valence-electron chi connectivity index (χ2n) is 6.82. The van der Waals surface area contributed by atoms with Crippen molar-refractivity contribution in [3.05, 3.63) is 80.8 Å². The van der Waals surface area contributed by atoms with Gasteiger partial charge in [-0.15, -0.1) is 0 Å². The Hall–Kier alpha value is -2.73. The lowest BCUT2D eigenvalue weighted by molar-refractivity contribution is 0.0950. The number of aromatic nitrogens is 2. The van der Waals surface area contributed by atoms with Gasteiger partial charge in [0.25, 0.3) is 5.91 Å². The van der Waals surface area contributed by atoms with E-state index in [4.69, 9.17) is 39.5 Å². The fourth-order valence-electron chi connectivity index (χ4n) is 3.18. The summed E-state index contributed by atoms with van der Waals surface area (Å²) in [7, 11) is 0. The van der Waals surface area contributed by atoms with Gasteiger partial charge >= 0.3 is 0 Å². The number of rotatable bonds is 6. The smallest absolute Gasteiger partial charge is 0.251 e. The van der Waals surface area contributed by atoms with E-state index >= 15 is 0 Å². The number of halogens is 3. The van der Waals surface area contributed by atoms with E-state index in [1.807, 2.05) is 31.2 Å². The number of hydrogen-bond donors (Lipinski definition) is 2. The van der Waals surface area contributed by atoms with Crippen LogP contribution in [0.4, 0.5) is 0 Å². The minimum Gasteiger partial charge on any atom is -0.493 e. The molecule has 0 atom stereocenters. The van der Waals surface area contributed by atoms with E-state index in [-0.39, 0.29) is 5.91 Å². The molecule has 0 radical (unpaired) electrons. The van der Waals surface area contributed by atoms with Crippen molar-refractivity contribution in [3.63, 3.8) is 0 Å². The predicted octanol–water partition coefficient (Wildman–Crippen LogP) is 6.52. The van der Waals surface area contributed by atoms with Crippen LogP contribution in [0.2, 0.25) is 15.1 Å². The van der Waals surface area contributed by atoms with Crippen LogP contribution in [0.3, 0.4) is 0 Å². The van der Waals surface area contributed by atoms with Gasteiger partial charge in [-0.05, 0) is 61.0 Å². The maximum absolute atomic E-state index is 12.7. The number of benzene rings is 3. The normalized spacial score (nSPS) is 11.0. The Morgan fingerprint density at radius 1 is 1.03 bits per heavy atom. The summed E-state index contributed by atoms with van der Waals surface area (Å²) in [5, 5.41) is 4.43. The van der Waals surface area contributed by atoms with E-state index in [0.717, 1.165) is 22.2 Å². The molecule has 8 heteroatoms. The Labute approximate surface area is 194 Å². The predicted molar refractivity (Wildman–Crippen MR) is 125 cm³/mol. The second kappa shape index (κ2) is 9.18. The zero-order valence-electron chi connectivity index (χ0n) is 16.5. The maximum atomic E-state index is 12.7. The van der Waals surface area contributed by atoms with Crippen molar-refractivity contribution < 1.29 is 9.53 Å². The number of H-pyrrole nitrogens is 1. The van der Waals surface area contributed by atoms with Gasteiger partial charge in [0.2, 0.25) is 0 Å². The zero-order chi connectivity index (χ0) is 22.0. The van der Waals surface area contributed by atoms with Crippen molar-refractivity contribution >= 4 is 51.7 Å². The quantitative estimate of drug-likeness (QED) is 0.334. The molecular weight excluding hydrogens is 457 g/mol. The number of aromatic amines is 1. The average molecular weight is 475 g/mol. The first-order chi connectivity index (χ1) is 14.9. The van der Waals surface area contributed by atoms with Crippen LogP contribution < -0.4 is 10.1 Å². The Morgan fingerprint density at radius 2 is 1.87 bits per heavy atom. The molecule has 0 saturated carbocycles. The number of nitrogens with zero attached hydrogens (tertiary/aromatic N) is 1. The molecule has 0 spiro atoms. The highest BCUT2D eigenvalue weighted by Crippen LogP contribution is 2.31. The molecule has 1 aromatic heterocycles. The molecule has 0 bridgehead atoms. The molecule has 4 aromatic rings. The number of carbonyl (C=O) groups is 1. The first-order valence-corrected chi connectivity index (χ1v) is 10.7. The molecule has 1 amide bonds. The molecule has 5 nitrogen and oxygen atoms in total. The monoisotopic (exact) mass is 473 g/mol. The molecule has 158 valence electrons. The minimum atomic E-state index is -0.227. The highest BCUT2D eigenvalue weighted by atomic mass is 35.5. The SMILES string of the molecule is CCOc1cc(C(=O)NCc2ccc(Cl)c(Cl)c2)ccc1-c1nc2ccc(Cl)cc2[nH]1. The zero-order valence-corrected chi connectivity index (χ0v) is 18.8. The van der Waals surface area contributed by atoms with Gasteiger partial charge in [0.15, 0.2) is 0 Å². The van der Waals surface area contributed by atoms with E-state index in [0.29, 0.717) is 45.4 Å². The fraction of sp³-hybridized carbons (Fsp3) is 0.130. The molecule has 0 unspecified atom stereocenters. The molecule has 0 aliphatic carbocycles. The number of hydrogen-bond acceptors (Lipinski definition) is 3. The van der Waals surface area contributed by atoms with Crippen molar-refractivity contribution in [3.8, 4) is 17.1 Å². The van der Waals surface area contributed by atoms with Gasteiger partial charge in [-0.3, -0.25) is 4.79 Å². The molecule has 2 N–H and O–H groups in total. The van der Waals surface area contributed by atoms with Crippen LogP contribution in [0, 0.1) is 0 Å². The summed E-state index contributed by atoms with van der Waals surface area (Å²) in [6, 6.07) is 16.0. The first kappa shape index (κ1) is 21.5. The number of amides is 1. The third kappa shape index (κ3) is 4.79. The Morgan fingerprint density at radius 3 is 2.65 bits per heavy atom. The molecule has 0 aliphatic heterocycles. The van der Waals surface area contributed by atoms with Crippen LogP contribution >= 0.6 is 34.8 Å². The van der Waals surface area contributed by atoms with E-state index in [1.165, 1.54) is 0 Å². The van der Waals surface area contributed by atoms with Crippen LogP contribution in [0.25, 0.3) is 22.4 Å². The summed E-state index contributed by atoms with van der Waals surface area (Å²) >= 11 is 18.0. The highest BCUT2D eigenvalue weighted by Gasteiger charge is 2.15. The van der Waals surface area contributed by atoms with E-state index in [1.54, 1.807) is 30.3 Å². The molecule has 0 fully saturated rings. The van der Waals surface area contributed by atoms with Crippen LogP contribution in [0.15, 0.2) is 54.6 Å². The average Bonchev–Trinajstić information content (AvgIpc) is 3.17. The van der Waals surface area contributed by atoms with E-state index < -0.39 is 0 Å². The number of fused-ring (bicyclic) bond motifs is 1. The fourth-order valence-corrected chi connectivity index (χ4v) is 3.67. The Kier molecular flexibility index (Phi) is 6.37. The van der Waals surface area contributed by atoms with Crippen LogP contribution in [-0.2, 0) is 6.54 Å². The van der Waals surface area contributed by atoms with Gasteiger partial charge in [0.05, 0.1) is 33.2 Å². The lowest BCUT2D eigenvalue weighted by atomic mass is 10.1. The Bertz CT molecular complexity index is 1270. The third-order valence-electron chi connectivity index (χ3n) is 4.68. The van der Waals surface area contributed by atoms with Crippen LogP contribution in [0.5, 0.6) is 5.75 Å². The number of imidazole rings is 1. The topological polar surface area (TPSA) is 67.0 Å². The maximum Gasteiger partial charge on any atom is 0.251 e. The van der Waals surface area contributed by atoms with Gasteiger partial charge in [0, 0.05) is 17.1 Å². The highest BCUT2D eigenvalue weighted by molar-refractivity contribution is 6.42. The second-order valence-corrected chi connectivity index (χ2v) is 8.07. The van der Waals surface area contributed by atoms with Gasteiger partial charge in [-0.25, -0.2) is 4.98 Å². The van der Waals surface area contributed by atoms with Gasteiger partial charge in [-0.2, -0.15) is 0 Å². The molecular formula is C23H18Cl3N3O2. The van der Waals surface area contributed by atoms with Gasteiger partial charge < -0.3 is 15.0 Å². The van der Waals surface area contributed by atoms with Crippen molar-refractivity contribution in [2.75, 3.05) is 6.61 Å². The van der Waals surface area contributed by atoms with Crippen LogP contribution in [0.1, 0.15) is 22.8 Å². The van der Waals surface area contributed by atoms with Gasteiger partial charge in [0.1, 0.15) is 11.6 Å². The molecule has 4 rings (SSSR count). The van der Waals surface area contributed by atoms with E-state index in [9.17, 15) is 4.79 Å². The van der Waals surface area contributed by atoms with E-state index in [2.05, 4.69) is 15.3 Å². The standard InChI is InChI=1S/C23H18Cl3N3O2/c1-2-31-21-10-14(23(30)27-12-13-3-7-17(25)18(26)9-13)4-6-16(21)22-28-19-8-5-15(24)11-20(19)29-22/h3-11H,2,12H2,1H3,(H,27,30)(H,28,29). The third-order valence-corrected chi connectivity index (χ3v) is 5.65. The summed E-state index contributed by atoms with van der Waals surface area (Å²) in [5.41, 5.74) is 3.71. The molecule has 0 saturated heterocycles. The summed E-state index contributed by atoms with van der Waals surface area (Å²) in [6.45, 7) is 2.67. The van der Waals surface area contributed by atoms with Crippen LogP contribution in [-0.4, -0.2) is 22.5 Å². The molecule has 0 aliphatic rings. The summed E-state index contributed by atoms with van der Waals surface area (Å²) in [4.78, 5) is 20.6. The van der Waals surface area contributed by atoms with Crippen molar-refractivity contribution in [1.29, 1.82) is 0 Å². The molecule has 3 aromatic carbocycles. The largest absolute Gasteiger partial charge is 0.493 e. The number of carbonyl (C=O) groups excluding carboxylic acids is 1. The molecule has 31 heavy (non-hydrogen) atoms. The summed E-state index contributed by atoms with van der Waals surface area (Å²) in [6.07, 6.45) is 0.